The maximum atomic E-state index is 12.6. The molecule has 9 heteroatoms. The van der Waals surface area contributed by atoms with Gasteiger partial charge in [-0.1, -0.05) is 30.3 Å². The highest BCUT2D eigenvalue weighted by molar-refractivity contribution is 7.17. The lowest BCUT2D eigenvalue weighted by atomic mass is 10.1. The third-order valence-electron chi connectivity index (χ3n) is 4.71. The number of rotatable bonds is 6. The van der Waals surface area contributed by atoms with Gasteiger partial charge in [0.25, 0.3) is 5.78 Å². The van der Waals surface area contributed by atoms with E-state index in [0.29, 0.717) is 17.0 Å². The van der Waals surface area contributed by atoms with Crippen molar-refractivity contribution >= 4 is 40.1 Å². The molecule has 0 saturated carbocycles. The molecule has 0 aliphatic heterocycles. The van der Waals surface area contributed by atoms with Gasteiger partial charge in [-0.05, 0) is 47.0 Å². The van der Waals surface area contributed by atoms with Crippen molar-refractivity contribution in [3.8, 4) is 10.4 Å². The molecule has 0 saturated heterocycles. The smallest absolute Gasteiger partial charge is 0.348 e. The van der Waals surface area contributed by atoms with Gasteiger partial charge in [0, 0.05) is 29.9 Å². The maximum absolute atomic E-state index is 12.6. The summed E-state index contributed by atoms with van der Waals surface area (Å²) in [6.07, 6.45) is 1.38. The van der Waals surface area contributed by atoms with Crippen LogP contribution in [0, 0.1) is 0 Å². The summed E-state index contributed by atoms with van der Waals surface area (Å²) in [4.78, 5) is 32.1. The number of thiophene rings is 1. The molecule has 0 fully saturated rings. The first-order valence-electron chi connectivity index (χ1n) is 9.77. The van der Waals surface area contributed by atoms with Gasteiger partial charge in [-0.15, -0.1) is 11.3 Å². The van der Waals surface area contributed by atoms with E-state index in [1.165, 1.54) is 18.2 Å². The molecule has 4 rings (SSSR count). The Hall–Kier alpha value is -3.85. The number of aromatic nitrogens is 2. The first kappa shape index (κ1) is 22.3. The number of nitrogens with zero attached hydrogens (tertiary/aromatic N) is 2. The monoisotopic (exact) mass is 467 g/mol. The Kier molecular flexibility index (Phi) is 6.32. The summed E-state index contributed by atoms with van der Waals surface area (Å²) in [5.41, 5.74) is 3.86. The van der Waals surface area contributed by atoms with Crippen molar-refractivity contribution in [3.05, 3.63) is 89.1 Å². The number of carbonyl (C=O) groups excluding carboxylic acids is 2. The van der Waals surface area contributed by atoms with Crippen LogP contribution in [-0.4, -0.2) is 27.8 Å². The second-order valence-electron chi connectivity index (χ2n) is 7.04. The number of amides is 1. The average Bonchev–Trinajstić information content (AvgIpc) is 3.30. The molecule has 2 aromatic heterocycles. The highest BCUT2D eigenvalue weighted by atomic mass is 32.1. The van der Waals surface area contributed by atoms with Crippen LogP contribution in [-0.2, 0) is 11.3 Å². The zero-order valence-electron chi connectivity index (χ0n) is 17.0. The number of ketones is 1. The summed E-state index contributed by atoms with van der Waals surface area (Å²) in [6.45, 7) is 0.339. The summed E-state index contributed by atoms with van der Waals surface area (Å²) < 4.78 is 37.7. The summed E-state index contributed by atoms with van der Waals surface area (Å²) in [6, 6.07) is 15.2. The van der Waals surface area contributed by atoms with Crippen LogP contribution in [0.3, 0.4) is 0 Å². The summed E-state index contributed by atoms with van der Waals surface area (Å²) in [7, 11) is 0. The number of halogens is 3. The fourth-order valence-electron chi connectivity index (χ4n) is 3.05. The van der Waals surface area contributed by atoms with Crippen molar-refractivity contribution in [1.82, 2.24) is 15.3 Å². The van der Waals surface area contributed by atoms with Crippen molar-refractivity contribution in [2.45, 2.75) is 12.7 Å². The Balaban J connectivity index is 1.35. The van der Waals surface area contributed by atoms with Crippen LogP contribution < -0.4 is 5.32 Å². The first-order chi connectivity index (χ1) is 15.8. The lowest BCUT2D eigenvalue weighted by Crippen LogP contribution is -2.21. The number of benzene rings is 2. The standard InChI is InChI=1S/C24H16F3N3O2S/c25-24(26,27)23(32)21-9-8-20(33-21)17-5-1-15(2-6-17)4-10-22(31)30-14-16-3-7-18-19(13-16)29-12-11-28-18/h1-13H,14H2,(H,30,31). The Morgan fingerprint density at radius 2 is 1.67 bits per heavy atom. The predicted octanol–water partition coefficient (Wildman–Crippen LogP) is 5.43. The number of fused-ring (bicyclic) bond motifs is 1. The predicted molar refractivity (Wildman–Crippen MR) is 121 cm³/mol. The zero-order valence-corrected chi connectivity index (χ0v) is 17.8. The number of carbonyl (C=O) groups is 2. The molecule has 2 heterocycles. The van der Waals surface area contributed by atoms with E-state index in [1.54, 1.807) is 42.7 Å². The van der Waals surface area contributed by atoms with Crippen LogP contribution in [0.2, 0.25) is 0 Å². The average molecular weight is 467 g/mol. The molecular formula is C24H16F3N3O2S. The summed E-state index contributed by atoms with van der Waals surface area (Å²) in [5, 5.41) is 2.80. The second-order valence-corrected chi connectivity index (χ2v) is 8.13. The van der Waals surface area contributed by atoms with Crippen molar-refractivity contribution in [1.29, 1.82) is 0 Å². The van der Waals surface area contributed by atoms with Gasteiger partial charge in [-0.3, -0.25) is 19.6 Å². The lowest BCUT2D eigenvalue weighted by molar-refractivity contribution is -0.116. The van der Waals surface area contributed by atoms with Crippen molar-refractivity contribution in [3.63, 3.8) is 0 Å². The molecule has 5 nitrogen and oxygen atoms in total. The van der Waals surface area contributed by atoms with Crippen molar-refractivity contribution < 1.29 is 22.8 Å². The number of Topliss-reactive ketones (excluding diaryl/α,β-unsaturated/α-hetero) is 1. The molecule has 0 unspecified atom stereocenters. The largest absolute Gasteiger partial charge is 0.455 e. The van der Waals surface area contributed by atoms with Crippen LogP contribution in [0.5, 0.6) is 0 Å². The SMILES string of the molecule is O=C(C=Cc1ccc(-c2ccc(C(=O)C(F)(F)F)s2)cc1)NCc1ccc2nccnc2c1. The van der Waals surface area contributed by atoms with Gasteiger partial charge < -0.3 is 5.32 Å². The molecule has 1 amide bonds. The van der Waals surface area contributed by atoms with Crippen LogP contribution in [0.15, 0.2) is 73.1 Å². The highest BCUT2D eigenvalue weighted by Gasteiger charge is 2.40. The second kappa shape index (κ2) is 9.33. The van der Waals surface area contributed by atoms with Crippen molar-refractivity contribution in [2.75, 3.05) is 0 Å². The van der Waals surface area contributed by atoms with Gasteiger partial charge in [-0.25, -0.2) is 0 Å². The number of nitrogens with one attached hydrogen (secondary N) is 1. The molecule has 0 radical (unpaired) electrons. The fourth-order valence-corrected chi connectivity index (χ4v) is 4.02. The molecular weight excluding hydrogens is 451 g/mol. The molecule has 2 aromatic carbocycles. The van der Waals surface area contributed by atoms with Crippen LogP contribution >= 0.6 is 11.3 Å². The minimum Gasteiger partial charge on any atom is -0.348 e. The summed E-state index contributed by atoms with van der Waals surface area (Å²) in [5.74, 6) is -2.12. The molecule has 0 atom stereocenters. The molecule has 4 aromatic rings. The van der Waals surface area contributed by atoms with E-state index < -0.39 is 12.0 Å². The van der Waals surface area contributed by atoms with Crippen LogP contribution in [0.25, 0.3) is 27.6 Å². The quantitative estimate of drug-likeness (QED) is 0.303. The van der Waals surface area contributed by atoms with E-state index in [0.717, 1.165) is 33.5 Å². The first-order valence-corrected chi connectivity index (χ1v) is 10.6. The van der Waals surface area contributed by atoms with Gasteiger partial charge in [-0.2, -0.15) is 13.2 Å². The summed E-state index contributed by atoms with van der Waals surface area (Å²) >= 11 is 0.790. The number of hydrogen-bond acceptors (Lipinski definition) is 5. The topological polar surface area (TPSA) is 72.0 Å². The number of hydrogen-bond donors (Lipinski definition) is 1. The van der Waals surface area contributed by atoms with E-state index in [9.17, 15) is 22.8 Å². The van der Waals surface area contributed by atoms with Gasteiger partial charge in [0.2, 0.25) is 5.91 Å². The van der Waals surface area contributed by atoms with Gasteiger partial charge in [0.05, 0.1) is 15.9 Å². The Bertz CT molecular complexity index is 1350. The third kappa shape index (κ3) is 5.50. The van der Waals surface area contributed by atoms with E-state index in [1.807, 2.05) is 18.2 Å². The molecule has 0 bridgehead atoms. The highest BCUT2D eigenvalue weighted by Crippen LogP contribution is 2.32. The molecule has 166 valence electrons. The molecule has 0 aliphatic carbocycles. The number of alkyl halides is 3. The van der Waals surface area contributed by atoms with E-state index in [-0.39, 0.29) is 10.8 Å². The Labute approximate surface area is 190 Å². The molecule has 0 spiro atoms. The maximum Gasteiger partial charge on any atom is 0.455 e. The van der Waals surface area contributed by atoms with E-state index in [2.05, 4.69) is 15.3 Å². The van der Waals surface area contributed by atoms with Crippen LogP contribution in [0.1, 0.15) is 20.8 Å². The van der Waals surface area contributed by atoms with Gasteiger partial charge in [0.1, 0.15) is 0 Å². The van der Waals surface area contributed by atoms with E-state index >= 15 is 0 Å². The normalized spacial score (nSPS) is 11.7. The zero-order chi connectivity index (χ0) is 23.4. The van der Waals surface area contributed by atoms with Crippen LogP contribution in [0.4, 0.5) is 13.2 Å². The minimum atomic E-state index is -4.89. The minimum absolute atomic E-state index is 0.271. The third-order valence-corrected chi connectivity index (χ3v) is 5.84. The lowest BCUT2D eigenvalue weighted by Gasteiger charge is -2.04. The molecule has 0 aliphatic rings. The molecule has 33 heavy (non-hydrogen) atoms. The van der Waals surface area contributed by atoms with Gasteiger partial charge in [0.15, 0.2) is 0 Å². The van der Waals surface area contributed by atoms with E-state index in [4.69, 9.17) is 0 Å². The fraction of sp³-hybridized carbons (Fsp3) is 0.0833. The molecule has 1 N–H and O–H groups in total. The van der Waals surface area contributed by atoms with Crippen molar-refractivity contribution in [2.24, 2.45) is 0 Å². The van der Waals surface area contributed by atoms with Gasteiger partial charge >= 0.3 is 6.18 Å². The Morgan fingerprint density at radius 1 is 0.939 bits per heavy atom. The Morgan fingerprint density at radius 3 is 2.39 bits per heavy atom.